The molecule has 0 spiro atoms. The van der Waals surface area contributed by atoms with Crippen LogP contribution in [0.1, 0.15) is 10.4 Å². The molecule has 0 aromatic heterocycles. The number of benzene rings is 1. The number of halogens is 2. The van der Waals surface area contributed by atoms with Gasteiger partial charge in [-0.25, -0.2) is 5.14 Å². The second kappa shape index (κ2) is 5.87. The molecule has 9 heteroatoms. The number of rotatable bonds is 2. The molecule has 0 radical (unpaired) electrons. The van der Waals surface area contributed by atoms with Crippen LogP contribution in [0.4, 0.5) is 0 Å². The number of hydrogen-bond donors (Lipinski definition) is 1. The molecule has 1 aliphatic rings. The van der Waals surface area contributed by atoms with Gasteiger partial charge in [-0.2, -0.15) is 12.7 Å². The second-order valence-electron chi connectivity index (χ2n) is 4.34. The Bertz CT molecular complexity index is 628. The van der Waals surface area contributed by atoms with E-state index in [-0.39, 0.29) is 37.1 Å². The van der Waals surface area contributed by atoms with Gasteiger partial charge in [-0.15, -0.1) is 0 Å². The van der Waals surface area contributed by atoms with Gasteiger partial charge < -0.3 is 4.90 Å². The maximum absolute atomic E-state index is 12.3. The van der Waals surface area contributed by atoms with Crippen LogP contribution in [-0.4, -0.2) is 49.7 Å². The minimum Gasteiger partial charge on any atom is -0.336 e. The summed E-state index contributed by atoms with van der Waals surface area (Å²) in [6.45, 7) is 0.863. The predicted octanol–water partition coefficient (Wildman–Crippen LogP) is 0.955. The molecule has 0 unspecified atom stereocenters. The summed E-state index contributed by atoms with van der Waals surface area (Å²) in [6, 6.07) is 4.82. The van der Waals surface area contributed by atoms with E-state index in [1.165, 1.54) is 4.90 Å². The van der Waals surface area contributed by atoms with E-state index in [1.54, 1.807) is 18.2 Å². The topological polar surface area (TPSA) is 83.7 Å². The number of nitrogens with zero attached hydrogens (tertiary/aromatic N) is 2. The predicted molar refractivity (Wildman–Crippen MR) is 77.0 cm³/mol. The Morgan fingerprint density at radius 3 is 2.30 bits per heavy atom. The SMILES string of the molecule is NS(=O)(=O)N1CCN(C(=O)c2cccc(Cl)c2Cl)CC1. The van der Waals surface area contributed by atoms with E-state index in [2.05, 4.69) is 0 Å². The lowest BCUT2D eigenvalue weighted by molar-refractivity contribution is 0.0698. The third-order valence-corrected chi connectivity index (χ3v) is 4.97. The molecular weight excluding hydrogens is 325 g/mol. The van der Waals surface area contributed by atoms with Gasteiger partial charge in [-0.1, -0.05) is 29.3 Å². The first-order valence-corrected chi connectivity index (χ1v) is 8.08. The molecule has 1 saturated heterocycles. The van der Waals surface area contributed by atoms with Gasteiger partial charge in [0.05, 0.1) is 15.6 Å². The molecule has 1 aromatic carbocycles. The zero-order valence-electron chi connectivity index (χ0n) is 10.4. The summed E-state index contributed by atoms with van der Waals surface area (Å²) < 4.78 is 23.5. The van der Waals surface area contributed by atoms with E-state index in [0.717, 1.165) is 4.31 Å². The zero-order chi connectivity index (χ0) is 14.9. The Labute approximate surface area is 127 Å². The normalized spacial score (nSPS) is 17.2. The van der Waals surface area contributed by atoms with E-state index in [4.69, 9.17) is 28.3 Å². The Morgan fingerprint density at radius 2 is 1.75 bits per heavy atom. The molecule has 20 heavy (non-hydrogen) atoms. The van der Waals surface area contributed by atoms with Crippen molar-refractivity contribution < 1.29 is 13.2 Å². The fourth-order valence-electron chi connectivity index (χ4n) is 1.98. The van der Waals surface area contributed by atoms with Crippen molar-refractivity contribution in [1.82, 2.24) is 9.21 Å². The van der Waals surface area contributed by atoms with Gasteiger partial charge in [-0.3, -0.25) is 4.79 Å². The molecule has 1 fully saturated rings. The van der Waals surface area contributed by atoms with Crippen molar-refractivity contribution in [3.05, 3.63) is 33.8 Å². The first-order valence-electron chi connectivity index (χ1n) is 5.82. The van der Waals surface area contributed by atoms with Crippen LogP contribution >= 0.6 is 23.2 Å². The van der Waals surface area contributed by atoms with Crippen molar-refractivity contribution in [1.29, 1.82) is 0 Å². The van der Waals surface area contributed by atoms with Crippen LogP contribution in [0.5, 0.6) is 0 Å². The summed E-state index contributed by atoms with van der Waals surface area (Å²) in [6.07, 6.45) is 0. The molecule has 110 valence electrons. The van der Waals surface area contributed by atoms with Gasteiger partial charge in [0.2, 0.25) is 0 Å². The summed E-state index contributed by atoms with van der Waals surface area (Å²) >= 11 is 11.9. The van der Waals surface area contributed by atoms with E-state index >= 15 is 0 Å². The Kier molecular flexibility index (Phi) is 4.55. The van der Waals surface area contributed by atoms with Crippen LogP contribution in [0.25, 0.3) is 0 Å². The molecule has 1 aliphatic heterocycles. The van der Waals surface area contributed by atoms with Gasteiger partial charge in [0, 0.05) is 26.2 Å². The van der Waals surface area contributed by atoms with Crippen LogP contribution in [0.2, 0.25) is 10.0 Å². The average Bonchev–Trinajstić information content (AvgIpc) is 2.40. The van der Waals surface area contributed by atoms with Crippen molar-refractivity contribution in [2.45, 2.75) is 0 Å². The number of carbonyl (C=O) groups is 1. The highest BCUT2D eigenvalue weighted by atomic mass is 35.5. The molecule has 1 heterocycles. The maximum atomic E-state index is 12.3. The maximum Gasteiger partial charge on any atom is 0.277 e. The molecule has 6 nitrogen and oxygen atoms in total. The van der Waals surface area contributed by atoms with Gasteiger partial charge in [-0.05, 0) is 12.1 Å². The van der Waals surface area contributed by atoms with E-state index < -0.39 is 10.2 Å². The summed E-state index contributed by atoms with van der Waals surface area (Å²) in [4.78, 5) is 13.8. The first-order chi connectivity index (χ1) is 9.30. The average molecular weight is 338 g/mol. The van der Waals surface area contributed by atoms with Crippen molar-refractivity contribution in [2.75, 3.05) is 26.2 Å². The highest BCUT2D eigenvalue weighted by Crippen LogP contribution is 2.26. The largest absolute Gasteiger partial charge is 0.336 e. The van der Waals surface area contributed by atoms with E-state index in [1.807, 2.05) is 0 Å². The third kappa shape index (κ3) is 3.24. The second-order valence-corrected chi connectivity index (χ2v) is 6.67. The third-order valence-electron chi connectivity index (χ3n) is 3.07. The lowest BCUT2D eigenvalue weighted by Crippen LogP contribution is -2.52. The Balaban J connectivity index is 2.11. The van der Waals surface area contributed by atoms with Crippen LogP contribution in [0.15, 0.2) is 18.2 Å². The minimum atomic E-state index is -3.71. The summed E-state index contributed by atoms with van der Waals surface area (Å²) in [5.41, 5.74) is 0.309. The molecule has 1 amide bonds. The van der Waals surface area contributed by atoms with Gasteiger partial charge >= 0.3 is 0 Å². The van der Waals surface area contributed by atoms with Crippen molar-refractivity contribution in [2.24, 2.45) is 5.14 Å². The Morgan fingerprint density at radius 1 is 1.15 bits per heavy atom. The fourth-order valence-corrected chi connectivity index (χ4v) is 3.04. The van der Waals surface area contributed by atoms with Crippen LogP contribution in [-0.2, 0) is 10.2 Å². The van der Waals surface area contributed by atoms with Gasteiger partial charge in [0.15, 0.2) is 0 Å². The minimum absolute atomic E-state index is 0.169. The fraction of sp³-hybridized carbons (Fsp3) is 0.364. The molecular formula is C11H13Cl2N3O3S. The van der Waals surface area contributed by atoms with Crippen LogP contribution in [0.3, 0.4) is 0 Å². The molecule has 0 atom stereocenters. The number of amides is 1. The number of carbonyl (C=O) groups excluding carboxylic acids is 1. The highest BCUT2D eigenvalue weighted by Gasteiger charge is 2.28. The lowest BCUT2D eigenvalue weighted by atomic mass is 10.2. The number of nitrogens with two attached hydrogens (primary N) is 1. The highest BCUT2D eigenvalue weighted by molar-refractivity contribution is 7.86. The van der Waals surface area contributed by atoms with E-state index in [0.29, 0.717) is 10.6 Å². The first kappa shape index (κ1) is 15.5. The molecule has 2 N–H and O–H groups in total. The van der Waals surface area contributed by atoms with Crippen molar-refractivity contribution in [3.63, 3.8) is 0 Å². The molecule has 0 saturated carbocycles. The smallest absolute Gasteiger partial charge is 0.277 e. The standard InChI is InChI=1S/C11H13Cl2N3O3S/c12-9-3-1-2-8(10(9)13)11(17)15-4-6-16(7-5-15)20(14,18)19/h1-3H,4-7H2,(H2,14,18,19). The summed E-state index contributed by atoms with van der Waals surface area (Å²) in [5, 5.41) is 5.55. The van der Waals surface area contributed by atoms with Crippen LogP contribution < -0.4 is 5.14 Å². The van der Waals surface area contributed by atoms with Crippen molar-refractivity contribution >= 4 is 39.3 Å². The van der Waals surface area contributed by atoms with E-state index in [9.17, 15) is 13.2 Å². The summed E-state index contributed by atoms with van der Waals surface area (Å²) in [7, 11) is -3.71. The summed E-state index contributed by atoms with van der Waals surface area (Å²) in [5.74, 6) is -0.272. The zero-order valence-corrected chi connectivity index (χ0v) is 12.7. The number of piperazine rings is 1. The quantitative estimate of drug-likeness (QED) is 0.872. The molecule has 0 aliphatic carbocycles. The van der Waals surface area contributed by atoms with Crippen LogP contribution in [0, 0.1) is 0 Å². The lowest BCUT2D eigenvalue weighted by Gasteiger charge is -2.33. The van der Waals surface area contributed by atoms with Crippen molar-refractivity contribution in [3.8, 4) is 0 Å². The Hall–Kier alpha value is -0.860. The van der Waals surface area contributed by atoms with Gasteiger partial charge in [0.25, 0.3) is 16.1 Å². The monoisotopic (exact) mass is 337 g/mol. The van der Waals surface area contributed by atoms with Gasteiger partial charge in [0.1, 0.15) is 0 Å². The molecule has 2 rings (SSSR count). The molecule has 0 bridgehead atoms. The molecule has 1 aromatic rings. The number of hydrogen-bond acceptors (Lipinski definition) is 3.